The number of aliphatic imine (C=N–C) groups is 1. The predicted octanol–water partition coefficient (Wildman–Crippen LogP) is 3.09. The van der Waals surface area contributed by atoms with Crippen molar-refractivity contribution in [1.82, 2.24) is 15.5 Å². The van der Waals surface area contributed by atoms with Crippen molar-refractivity contribution in [3.05, 3.63) is 22.4 Å². The molecule has 5 nitrogen and oxygen atoms in total. The Morgan fingerprint density at radius 1 is 1.38 bits per heavy atom. The van der Waals surface area contributed by atoms with Crippen LogP contribution in [0.5, 0.6) is 0 Å². The van der Waals surface area contributed by atoms with Gasteiger partial charge in [-0.1, -0.05) is 6.07 Å². The van der Waals surface area contributed by atoms with Crippen LogP contribution in [0.4, 0.5) is 0 Å². The van der Waals surface area contributed by atoms with E-state index in [-0.39, 0.29) is 24.0 Å². The van der Waals surface area contributed by atoms with Gasteiger partial charge >= 0.3 is 0 Å². The fourth-order valence-corrected chi connectivity index (χ4v) is 3.74. The van der Waals surface area contributed by atoms with Gasteiger partial charge in [-0.05, 0) is 50.7 Å². The first-order chi connectivity index (χ1) is 11.3. The van der Waals surface area contributed by atoms with E-state index in [0.29, 0.717) is 6.04 Å². The van der Waals surface area contributed by atoms with E-state index in [1.54, 1.807) is 0 Å². The lowest BCUT2D eigenvalue weighted by Crippen LogP contribution is -2.42. The molecule has 0 bridgehead atoms. The van der Waals surface area contributed by atoms with Crippen molar-refractivity contribution in [3.63, 3.8) is 0 Å². The lowest BCUT2D eigenvalue weighted by molar-refractivity contribution is 0.145. The first kappa shape index (κ1) is 21.7. The molecule has 0 aliphatic carbocycles. The molecule has 0 radical (unpaired) electrons. The number of hydrogen-bond donors (Lipinski definition) is 2. The second-order valence-electron chi connectivity index (χ2n) is 5.70. The summed E-state index contributed by atoms with van der Waals surface area (Å²) in [5, 5.41) is 9.02. The number of likely N-dealkylation sites (tertiary alicyclic amines) is 1. The quantitative estimate of drug-likeness (QED) is 0.254. The first-order valence-corrected chi connectivity index (χ1v) is 9.52. The Morgan fingerprint density at radius 3 is 2.79 bits per heavy atom. The number of guanidine groups is 1. The molecule has 2 N–H and O–H groups in total. The molecule has 2 rings (SSSR count). The summed E-state index contributed by atoms with van der Waals surface area (Å²) >= 11 is 1.85. The third-order valence-corrected chi connectivity index (χ3v) is 5.08. The first-order valence-electron chi connectivity index (χ1n) is 8.65. The highest BCUT2D eigenvalue weighted by Crippen LogP contribution is 2.27. The van der Waals surface area contributed by atoms with Gasteiger partial charge in [-0.15, -0.1) is 35.3 Å². The number of nitrogens with one attached hydrogen (secondary N) is 2. The standard InChI is InChI=1S/C17H30N4OS.HI/c1-3-22-12-7-9-19-17(18-2)20-14-15(16-8-6-13-23-16)21-10-4-5-11-21;/h6,8,13,15H,3-5,7,9-12,14H2,1-2H3,(H2,18,19,20);1H. The van der Waals surface area contributed by atoms with Crippen LogP contribution in [0.3, 0.4) is 0 Å². The van der Waals surface area contributed by atoms with E-state index in [9.17, 15) is 0 Å². The van der Waals surface area contributed by atoms with E-state index >= 15 is 0 Å². The van der Waals surface area contributed by atoms with Crippen molar-refractivity contribution in [2.24, 2.45) is 4.99 Å². The molecule has 7 heteroatoms. The van der Waals surface area contributed by atoms with Gasteiger partial charge in [0.15, 0.2) is 5.96 Å². The van der Waals surface area contributed by atoms with Crippen LogP contribution in [0.1, 0.15) is 37.1 Å². The molecule has 1 aliphatic rings. The fourth-order valence-electron chi connectivity index (χ4n) is 2.88. The summed E-state index contributed by atoms with van der Waals surface area (Å²) in [4.78, 5) is 8.35. The molecule has 1 atom stereocenters. The lowest BCUT2D eigenvalue weighted by Gasteiger charge is -2.27. The monoisotopic (exact) mass is 466 g/mol. The molecule has 0 amide bonds. The van der Waals surface area contributed by atoms with Crippen LogP contribution in [-0.2, 0) is 4.74 Å². The molecular formula is C17H31IN4OS. The third-order valence-electron chi connectivity index (χ3n) is 4.10. The van der Waals surface area contributed by atoms with Crippen LogP contribution in [0.25, 0.3) is 0 Å². The Bertz CT molecular complexity index is 449. The summed E-state index contributed by atoms with van der Waals surface area (Å²) in [6.45, 7) is 7.78. The van der Waals surface area contributed by atoms with Gasteiger partial charge in [0.2, 0.25) is 0 Å². The molecule has 1 aromatic heterocycles. The second-order valence-corrected chi connectivity index (χ2v) is 6.68. The van der Waals surface area contributed by atoms with Crippen LogP contribution in [0.15, 0.2) is 22.5 Å². The summed E-state index contributed by atoms with van der Waals surface area (Å²) in [7, 11) is 1.83. The van der Waals surface area contributed by atoms with E-state index in [0.717, 1.165) is 38.7 Å². The highest BCUT2D eigenvalue weighted by molar-refractivity contribution is 14.0. The van der Waals surface area contributed by atoms with Crippen molar-refractivity contribution in [3.8, 4) is 0 Å². The Balaban J connectivity index is 0.00000288. The van der Waals surface area contributed by atoms with E-state index in [4.69, 9.17) is 4.74 Å². The number of halogens is 1. The molecule has 1 unspecified atom stereocenters. The van der Waals surface area contributed by atoms with Crippen molar-refractivity contribution < 1.29 is 4.74 Å². The zero-order chi connectivity index (χ0) is 16.3. The molecular weight excluding hydrogens is 435 g/mol. The molecule has 1 saturated heterocycles. The Hall–Kier alpha value is -0.380. The van der Waals surface area contributed by atoms with Crippen LogP contribution in [0.2, 0.25) is 0 Å². The summed E-state index contributed by atoms with van der Waals surface area (Å²) < 4.78 is 5.36. The molecule has 138 valence electrons. The average Bonchev–Trinajstić information content (AvgIpc) is 3.27. The minimum absolute atomic E-state index is 0. The maximum absolute atomic E-state index is 5.36. The van der Waals surface area contributed by atoms with Gasteiger partial charge in [-0.3, -0.25) is 9.89 Å². The van der Waals surface area contributed by atoms with Crippen molar-refractivity contribution >= 4 is 41.3 Å². The Kier molecular flexibility index (Phi) is 11.7. The predicted molar refractivity (Wildman–Crippen MR) is 114 cm³/mol. The van der Waals surface area contributed by atoms with Gasteiger partial charge in [-0.2, -0.15) is 0 Å². The van der Waals surface area contributed by atoms with Gasteiger partial charge < -0.3 is 15.4 Å². The smallest absolute Gasteiger partial charge is 0.191 e. The van der Waals surface area contributed by atoms with Crippen LogP contribution in [-0.4, -0.2) is 57.3 Å². The van der Waals surface area contributed by atoms with Gasteiger partial charge in [0.1, 0.15) is 0 Å². The molecule has 0 spiro atoms. The zero-order valence-electron chi connectivity index (χ0n) is 14.8. The van der Waals surface area contributed by atoms with Crippen molar-refractivity contribution in [2.75, 3.05) is 46.4 Å². The zero-order valence-corrected chi connectivity index (χ0v) is 17.9. The number of hydrogen-bond acceptors (Lipinski definition) is 4. The van der Waals surface area contributed by atoms with E-state index in [1.165, 1.54) is 30.8 Å². The number of nitrogens with zero attached hydrogens (tertiary/aromatic N) is 2. The van der Waals surface area contributed by atoms with E-state index < -0.39 is 0 Å². The second kappa shape index (κ2) is 12.9. The highest BCUT2D eigenvalue weighted by Gasteiger charge is 2.24. The third kappa shape index (κ3) is 7.25. The maximum atomic E-state index is 5.36. The molecule has 1 aromatic rings. The Morgan fingerprint density at radius 2 is 2.17 bits per heavy atom. The van der Waals surface area contributed by atoms with Crippen LogP contribution < -0.4 is 10.6 Å². The number of thiophene rings is 1. The van der Waals surface area contributed by atoms with Crippen molar-refractivity contribution in [1.29, 1.82) is 0 Å². The number of rotatable bonds is 9. The summed E-state index contributed by atoms with van der Waals surface area (Å²) in [6.07, 6.45) is 3.62. The molecule has 2 heterocycles. The molecule has 1 fully saturated rings. The average molecular weight is 466 g/mol. The summed E-state index contributed by atoms with van der Waals surface area (Å²) in [5.74, 6) is 0.877. The number of ether oxygens (including phenoxy) is 1. The Labute approximate surface area is 167 Å². The van der Waals surface area contributed by atoms with E-state index in [1.807, 2.05) is 25.3 Å². The topological polar surface area (TPSA) is 48.9 Å². The summed E-state index contributed by atoms with van der Waals surface area (Å²) in [5.41, 5.74) is 0. The molecule has 0 saturated carbocycles. The molecule has 24 heavy (non-hydrogen) atoms. The summed E-state index contributed by atoms with van der Waals surface area (Å²) in [6, 6.07) is 4.83. The van der Waals surface area contributed by atoms with Crippen LogP contribution >= 0.6 is 35.3 Å². The van der Waals surface area contributed by atoms with Crippen molar-refractivity contribution in [2.45, 2.75) is 32.2 Å². The maximum Gasteiger partial charge on any atom is 0.191 e. The van der Waals surface area contributed by atoms with E-state index in [2.05, 4.69) is 38.0 Å². The van der Waals surface area contributed by atoms with Gasteiger partial charge in [0, 0.05) is 38.2 Å². The normalized spacial score (nSPS) is 16.7. The fraction of sp³-hybridized carbons (Fsp3) is 0.706. The molecule has 0 aromatic carbocycles. The lowest BCUT2D eigenvalue weighted by atomic mass is 10.2. The minimum Gasteiger partial charge on any atom is -0.382 e. The van der Waals surface area contributed by atoms with Gasteiger partial charge in [0.05, 0.1) is 6.04 Å². The minimum atomic E-state index is 0. The van der Waals surface area contributed by atoms with Crippen LogP contribution in [0, 0.1) is 0 Å². The van der Waals surface area contributed by atoms with Gasteiger partial charge in [-0.25, -0.2) is 0 Å². The van der Waals surface area contributed by atoms with Gasteiger partial charge in [0.25, 0.3) is 0 Å². The molecule has 1 aliphatic heterocycles. The SMILES string of the molecule is CCOCCCNC(=NC)NCC(c1cccs1)N1CCCC1.I. The highest BCUT2D eigenvalue weighted by atomic mass is 127. The largest absolute Gasteiger partial charge is 0.382 e.